The minimum Gasteiger partial charge on any atom is -0.334 e. The molecular weight excluding hydrogens is 292 g/mol. The number of aromatic nitrogens is 3. The first-order chi connectivity index (χ1) is 11.1. The fourth-order valence-electron chi connectivity index (χ4n) is 2.92. The van der Waals surface area contributed by atoms with Gasteiger partial charge in [-0.25, -0.2) is 4.79 Å². The molecule has 122 valence electrons. The van der Waals surface area contributed by atoms with Gasteiger partial charge in [0.25, 0.3) is 0 Å². The number of fused-ring (bicyclic) bond motifs is 1. The highest BCUT2D eigenvalue weighted by Crippen LogP contribution is 2.18. The summed E-state index contributed by atoms with van der Waals surface area (Å²) in [6.45, 7) is 4.79. The lowest BCUT2D eigenvalue weighted by Crippen LogP contribution is -2.45. The summed E-state index contributed by atoms with van der Waals surface area (Å²) in [4.78, 5) is 14.3. The van der Waals surface area contributed by atoms with Crippen molar-refractivity contribution in [1.29, 1.82) is 0 Å². The molecule has 0 spiro atoms. The Bertz CT molecular complexity index is 683. The van der Waals surface area contributed by atoms with Crippen LogP contribution in [0.25, 0.3) is 0 Å². The quantitative estimate of drug-likeness (QED) is 0.894. The first-order valence-electron chi connectivity index (χ1n) is 7.83. The average molecular weight is 314 g/mol. The minimum atomic E-state index is -0.254. The lowest BCUT2D eigenvalue weighted by atomic mass is 10.00. The van der Waals surface area contributed by atoms with Crippen LogP contribution in [-0.2, 0) is 20.0 Å². The Balaban J connectivity index is 1.48. The second kappa shape index (κ2) is 6.78. The van der Waals surface area contributed by atoms with Gasteiger partial charge in [0.05, 0.1) is 6.20 Å². The van der Waals surface area contributed by atoms with Gasteiger partial charge in [0.2, 0.25) is 0 Å². The standard InChI is InChI=1S/C16H22N6O/c1-12(17-16(23)18-15-11-21(2)20-19-15)9-22-8-7-13-5-3-4-6-14(13)10-22/h3-6,11-12H,7-10H2,1-2H3,(H2,17,18,23). The number of nitrogens with one attached hydrogen (secondary N) is 2. The molecule has 7 heteroatoms. The van der Waals surface area contributed by atoms with E-state index in [1.807, 2.05) is 6.92 Å². The lowest BCUT2D eigenvalue weighted by Gasteiger charge is -2.31. The zero-order valence-electron chi connectivity index (χ0n) is 13.5. The molecule has 0 saturated carbocycles. The summed E-state index contributed by atoms with van der Waals surface area (Å²) < 4.78 is 1.55. The molecule has 1 unspecified atom stereocenters. The number of rotatable bonds is 4. The zero-order valence-corrected chi connectivity index (χ0v) is 13.5. The monoisotopic (exact) mass is 314 g/mol. The third-order valence-electron chi connectivity index (χ3n) is 3.96. The van der Waals surface area contributed by atoms with Gasteiger partial charge in [-0.05, 0) is 24.5 Å². The maximum absolute atomic E-state index is 12.0. The Labute approximate surface area is 135 Å². The molecule has 0 saturated heterocycles. The van der Waals surface area contributed by atoms with Crippen molar-refractivity contribution in [3.8, 4) is 0 Å². The van der Waals surface area contributed by atoms with E-state index in [0.717, 1.165) is 26.1 Å². The number of nitrogens with zero attached hydrogens (tertiary/aromatic N) is 4. The van der Waals surface area contributed by atoms with Gasteiger partial charge < -0.3 is 5.32 Å². The third-order valence-corrected chi connectivity index (χ3v) is 3.96. The third kappa shape index (κ3) is 4.07. The van der Waals surface area contributed by atoms with Gasteiger partial charge in [-0.15, -0.1) is 5.10 Å². The minimum absolute atomic E-state index is 0.0527. The summed E-state index contributed by atoms with van der Waals surface area (Å²) in [5.41, 5.74) is 2.82. The molecule has 1 aliphatic rings. The van der Waals surface area contributed by atoms with Crippen molar-refractivity contribution in [3.63, 3.8) is 0 Å². The number of benzene rings is 1. The molecule has 2 amide bonds. The summed E-state index contributed by atoms with van der Waals surface area (Å²) >= 11 is 0. The first-order valence-corrected chi connectivity index (χ1v) is 7.83. The van der Waals surface area contributed by atoms with Crippen molar-refractivity contribution in [2.75, 3.05) is 18.4 Å². The first kappa shape index (κ1) is 15.5. The molecule has 3 rings (SSSR count). The predicted octanol–water partition coefficient (Wildman–Crippen LogP) is 1.38. The second-order valence-corrected chi connectivity index (χ2v) is 6.03. The molecule has 2 heterocycles. The van der Waals surface area contributed by atoms with E-state index in [9.17, 15) is 4.79 Å². The van der Waals surface area contributed by atoms with E-state index in [1.165, 1.54) is 11.1 Å². The van der Waals surface area contributed by atoms with E-state index in [0.29, 0.717) is 5.82 Å². The molecule has 1 atom stereocenters. The molecular formula is C16H22N6O. The second-order valence-electron chi connectivity index (χ2n) is 6.03. The van der Waals surface area contributed by atoms with Crippen molar-refractivity contribution in [2.24, 2.45) is 7.05 Å². The van der Waals surface area contributed by atoms with Gasteiger partial charge >= 0.3 is 6.03 Å². The van der Waals surface area contributed by atoms with Gasteiger partial charge in [0.1, 0.15) is 0 Å². The number of carbonyl (C=O) groups is 1. The number of carbonyl (C=O) groups excluding carboxylic acids is 1. The molecule has 0 fully saturated rings. The van der Waals surface area contributed by atoms with Crippen LogP contribution in [0.5, 0.6) is 0 Å². The summed E-state index contributed by atoms with van der Waals surface area (Å²) in [5.74, 6) is 0.448. The van der Waals surface area contributed by atoms with Crippen molar-refractivity contribution in [1.82, 2.24) is 25.2 Å². The normalized spacial score (nSPS) is 15.7. The molecule has 23 heavy (non-hydrogen) atoms. The number of amides is 2. The Hall–Kier alpha value is -2.41. The van der Waals surface area contributed by atoms with Crippen LogP contribution in [0.1, 0.15) is 18.1 Å². The fraction of sp³-hybridized carbons (Fsp3) is 0.438. The van der Waals surface area contributed by atoms with E-state index < -0.39 is 0 Å². The van der Waals surface area contributed by atoms with Gasteiger partial charge in [-0.2, -0.15) is 0 Å². The Kier molecular flexibility index (Phi) is 4.57. The maximum Gasteiger partial charge on any atom is 0.320 e. The van der Waals surface area contributed by atoms with Gasteiger partial charge in [-0.1, -0.05) is 29.5 Å². The number of hydrogen-bond donors (Lipinski definition) is 2. The largest absolute Gasteiger partial charge is 0.334 e. The fourth-order valence-corrected chi connectivity index (χ4v) is 2.92. The van der Waals surface area contributed by atoms with Gasteiger partial charge in [0.15, 0.2) is 5.82 Å². The molecule has 1 aliphatic heterocycles. The zero-order chi connectivity index (χ0) is 16.2. The molecule has 1 aromatic carbocycles. The van der Waals surface area contributed by atoms with Crippen molar-refractivity contribution >= 4 is 11.8 Å². The van der Waals surface area contributed by atoms with Gasteiger partial charge in [0, 0.05) is 32.7 Å². The van der Waals surface area contributed by atoms with Crippen molar-refractivity contribution < 1.29 is 4.79 Å². The van der Waals surface area contributed by atoms with Crippen molar-refractivity contribution in [2.45, 2.75) is 25.9 Å². The molecule has 7 nitrogen and oxygen atoms in total. The van der Waals surface area contributed by atoms with E-state index in [-0.39, 0.29) is 12.1 Å². The summed E-state index contributed by atoms with van der Waals surface area (Å²) in [6, 6.07) is 8.35. The van der Waals surface area contributed by atoms with E-state index in [1.54, 1.807) is 17.9 Å². The highest BCUT2D eigenvalue weighted by molar-refractivity contribution is 5.88. The van der Waals surface area contributed by atoms with Crippen LogP contribution in [-0.4, -0.2) is 45.1 Å². The predicted molar refractivity (Wildman–Crippen MR) is 88.0 cm³/mol. The molecule has 0 bridgehead atoms. The van der Waals surface area contributed by atoms with Crippen LogP contribution >= 0.6 is 0 Å². The number of anilines is 1. The van der Waals surface area contributed by atoms with Crippen LogP contribution in [0.2, 0.25) is 0 Å². The van der Waals surface area contributed by atoms with Crippen LogP contribution in [0, 0.1) is 0 Å². The molecule has 1 aromatic heterocycles. The summed E-state index contributed by atoms with van der Waals surface area (Å²) in [5, 5.41) is 13.2. The van der Waals surface area contributed by atoms with Crippen molar-refractivity contribution in [3.05, 3.63) is 41.6 Å². The van der Waals surface area contributed by atoms with Crippen LogP contribution in [0.4, 0.5) is 10.6 Å². The van der Waals surface area contributed by atoms with Crippen LogP contribution in [0.3, 0.4) is 0 Å². The Morgan fingerprint density at radius 3 is 2.87 bits per heavy atom. The maximum atomic E-state index is 12.0. The topological polar surface area (TPSA) is 75.1 Å². The van der Waals surface area contributed by atoms with E-state index in [2.05, 4.69) is 50.1 Å². The highest BCUT2D eigenvalue weighted by Gasteiger charge is 2.18. The SMILES string of the molecule is CC(CN1CCc2ccccc2C1)NC(=O)Nc1cn(C)nn1. The van der Waals surface area contributed by atoms with Crippen LogP contribution < -0.4 is 10.6 Å². The number of hydrogen-bond acceptors (Lipinski definition) is 4. The molecule has 0 aliphatic carbocycles. The molecule has 2 aromatic rings. The van der Waals surface area contributed by atoms with E-state index in [4.69, 9.17) is 0 Å². The van der Waals surface area contributed by atoms with Crippen LogP contribution in [0.15, 0.2) is 30.5 Å². The Morgan fingerprint density at radius 2 is 2.13 bits per heavy atom. The average Bonchev–Trinajstić information content (AvgIpc) is 2.91. The number of aryl methyl sites for hydroxylation is 1. The van der Waals surface area contributed by atoms with E-state index >= 15 is 0 Å². The lowest BCUT2D eigenvalue weighted by molar-refractivity contribution is 0.221. The smallest absolute Gasteiger partial charge is 0.320 e. The summed E-state index contributed by atoms with van der Waals surface area (Å²) in [7, 11) is 1.76. The van der Waals surface area contributed by atoms with Gasteiger partial charge in [-0.3, -0.25) is 14.9 Å². The molecule has 0 radical (unpaired) electrons. The number of urea groups is 1. The summed E-state index contributed by atoms with van der Waals surface area (Å²) in [6.07, 6.45) is 2.72. The highest BCUT2D eigenvalue weighted by atomic mass is 16.2. The Morgan fingerprint density at radius 1 is 1.35 bits per heavy atom. The molecule has 2 N–H and O–H groups in total.